The van der Waals surface area contributed by atoms with Crippen molar-refractivity contribution in [3.8, 4) is 5.75 Å². The maximum Gasteiger partial charge on any atom is 0.308 e. The Hall–Kier alpha value is -2.76. The molecule has 1 atom stereocenters. The number of nitrogens with one attached hydrogen (secondary N) is 1. The Labute approximate surface area is 146 Å². The molecule has 1 aromatic heterocycles. The van der Waals surface area contributed by atoms with Gasteiger partial charge in [0.25, 0.3) is 5.91 Å². The van der Waals surface area contributed by atoms with Crippen molar-refractivity contribution in [3.05, 3.63) is 53.0 Å². The lowest BCUT2D eigenvalue weighted by atomic mass is 9.98. The standard InChI is InChI=1S/C19H23NO5/c1-4-15-12(2)9-17(25-15)18(21)20-11-14(19(22)23)10-13-7-5-6-8-16(13)24-3/h5-9,14H,4,10-11H2,1-3H3,(H,20,21)(H,22,23). The third kappa shape index (κ3) is 4.62. The van der Waals surface area contributed by atoms with E-state index in [1.165, 1.54) is 0 Å². The zero-order chi connectivity index (χ0) is 18.4. The van der Waals surface area contributed by atoms with Gasteiger partial charge in [-0.2, -0.15) is 0 Å². The minimum absolute atomic E-state index is 0.00736. The largest absolute Gasteiger partial charge is 0.496 e. The fraction of sp³-hybridized carbons (Fsp3) is 0.368. The molecule has 6 nitrogen and oxygen atoms in total. The Balaban J connectivity index is 2.04. The number of hydrogen-bond donors (Lipinski definition) is 2. The number of rotatable bonds is 8. The van der Waals surface area contributed by atoms with Crippen molar-refractivity contribution in [1.29, 1.82) is 0 Å². The van der Waals surface area contributed by atoms with Gasteiger partial charge in [-0.3, -0.25) is 9.59 Å². The number of ether oxygens (including phenoxy) is 1. The highest BCUT2D eigenvalue weighted by Gasteiger charge is 2.22. The van der Waals surface area contributed by atoms with E-state index in [2.05, 4.69) is 5.32 Å². The molecule has 0 saturated carbocycles. The number of amides is 1. The van der Waals surface area contributed by atoms with Crippen molar-refractivity contribution in [1.82, 2.24) is 5.32 Å². The summed E-state index contributed by atoms with van der Waals surface area (Å²) in [6.45, 7) is 3.83. The molecule has 1 amide bonds. The molecule has 1 unspecified atom stereocenters. The maximum atomic E-state index is 12.2. The van der Waals surface area contributed by atoms with Gasteiger partial charge >= 0.3 is 5.97 Å². The predicted molar refractivity (Wildman–Crippen MR) is 93.0 cm³/mol. The van der Waals surface area contributed by atoms with Crippen LogP contribution in [0.3, 0.4) is 0 Å². The number of hydrogen-bond acceptors (Lipinski definition) is 4. The first-order chi connectivity index (χ1) is 12.0. The van der Waals surface area contributed by atoms with Gasteiger partial charge in [0, 0.05) is 13.0 Å². The molecule has 0 aliphatic carbocycles. The van der Waals surface area contributed by atoms with E-state index in [9.17, 15) is 14.7 Å². The molecule has 1 heterocycles. The molecule has 6 heteroatoms. The Morgan fingerprint density at radius 2 is 2.04 bits per heavy atom. The number of aryl methyl sites for hydroxylation is 2. The molecular formula is C19H23NO5. The van der Waals surface area contributed by atoms with Crippen LogP contribution in [0.25, 0.3) is 0 Å². The topological polar surface area (TPSA) is 88.8 Å². The third-order valence-corrected chi connectivity index (χ3v) is 4.08. The molecule has 25 heavy (non-hydrogen) atoms. The molecule has 2 rings (SSSR count). The van der Waals surface area contributed by atoms with Crippen LogP contribution < -0.4 is 10.1 Å². The summed E-state index contributed by atoms with van der Waals surface area (Å²) in [7, 11) is 1.54. The van der Waals surface area contributed by atoms with Crippen LogP contribution in [-0.2, 0) is 17.6 Å². The average Bonchev–Trinajstić information content (AvgIpc) is 2.99. The fourth-order valence-electron chi connectivity index (χ4n) is 2.67. The number of carboxylic acid groups (broad SMARTS) is 1. The zero-order valence-electron chi connectivity index (χ0n) is 14.7. The molecule has 0 bridgehead atoms. The molecular weight excluding hydrogens is 322 g/mol. The number of carboxylic acids is 1. The molecule has 2 aromatic rings. The quantitative estimate of drug-likeness (QED) is 0.768. The molecule has 0 saturated heterocycles. The highest BCUT2D eigenvalue weighted by molar-refractivity contribution is 5.92. The molecule has 0 radical (unpaired) electrons. The van der Waals surface area contributed by atoms with Crippen LogP contribution >= 0.6 is 0 Å². The lowest BCUT2D eigenvalue weighted by Crippen LogP contribution is -2.34. The van der Waals surface area contributed by atoms with Gasteiger partial charge in [0.2, 0.25) is 0 Å². The van der Waals surface area contributed by atoms with E-state index in [0.29, 0.717) is 12.2 Å². The van der Waals surface area contributed by atoms with Crippen LogP contribution in [0.5, 0.6) is 5.75 Å². The maximum absolute atomic E-state index is 12.2. The summed E-state index contributed by atoms with van der Waals surface area (Å²) in [6, 6.07) is 8.92. The van der Waals surface area contributed by atoms with E-state index in [4.69, 9.17) is 9.15 Å². The average molecular weight is 345 g/mol. The van der Waals surface area contributed by atoms with Gasteiger partial charge < -0.3 is 19.6 Å². The highest BCUT2D eigenvalue weighted by atomic mass is 16.5. The summed E-state index contributed by atoms with van der Waals surface area (Å²) in [5.74, 6) is -0.550. The van der Waals surface area contributed by atoms with Crippen LogP contribution in [0.2, 0.25) is 0 Å². The molecule has 134 valence electrons. The lowest BCUT2D eigenvalue weighted by Gasteiger charge is -2.15. The summed E-state index contributed by atoms with van der Waals surface area (Å²) in [6.07, 6.45) is 0.960. The first-order valence-electron chi connectivity index (χ1n) is 8.18. The third-order valence-electron chi connectivity index (χ3n) is 4.08. The van der Waals surface area contributed by atoms with Gasteiger partial charge in [0.15, 0.2) is 5.76 Å². The van der Waals surface area contributed by atoms with Crippen LogP contribution in [0.15, 0.2) is 34.7 Å². The van der Waals surface area contributed by atoms with Crippen LogP contribution in [-0.4, -0.2) is 30.6 Å². The first kappa shape index (κ1) is 18.6. The normalized spacial score (nSPS) is 11.8. The van der Waals surface area contributed by atoms with Gasteiger partial charge in [0.05, 0.1) is 13.0 Å². The van der Waals surface area contributed by atoms with Crippen molar-refractivity contribution in [3.63, 3.8) is 0 Å². The second-order valence-electron chi connectivity index (χ2n) is 5.83. The molecule has 0 aliphatic rings. The molecule has 1 aromatic carbocycles. The monoisotopic (exact) mass is 345 g/mol. The number of benzene rings is 1. The molecule has 0 fully saturated rings. The van der Waals surface area contributed by atoms with Crippen molar-refractivity contribution < 1.29 is 23.8 Å². The first-order valence-corrected chi connectivity index (χ1v) is 8.18. The van der Waals surface area contributed by atoms with Gasteiger partial charge in [-0.25, -0.2) is 0 Å². The SMILES string of the molecule is CCc1oc(C(=O)NCC(Cc2ccccc2OC)C(=O)O)cc1C. The summed E-state index contributed by atoms with van der Waals surface area (Å²) in [5.41, 5.74) is 1.70. The Morgan fingerprint density at radius 3 is 2.64 bits per heavy atom. The number of carbonyl (C=O) groups excluding carboxylic acids is 1. The van der Waals surface area contributed by atoms with Gasteiger partial charge in [-0.1, -0.05) is 25.1 Å². The second-order valence-corrected chi connectivity index (χ2v) is 5.83. The van der Waals surface area contributed by atoms with Crippen LogP contribution in [0, 0.1) is 12.8 Å². The van der Waals surface area contributed by atoms with Crippen molar-refractivity contribution >= 4 is 11.9 Å². The summed E-state index contributed by atoms with van der Waals surface area (Å²) in [4.78, 5) is 23.7. The fourth-order valence-corrected chi connectivity index (χ4v) is 2.67. The lowest BCUT2D eigenvalue weighted by molar-refractivity contribution is -0.141. The molecule has 0 aliphatic heterocycles. The van der Waals surface area contributed by atoms with Crippen molar-refractivity contribution in [2.45, 2.75) is 26.7 Å². The predicted octanol–water partition coefficient (Wildman–Crippen LogP) is 2.83. The minimum atomic E-state index is -0.976. The van der Waals surface area contributed by atoms with E-state index < -0.39 is 17.8 Å². The van der Waals surface area contributed by atoms with E-state index in [1.807, 2.05) is 32.0 Å². The van der Waals surface area contributed by atoms with Gasteiger partial charge in [-0.05, 0) is 36.6 Å². The van der Waals surface area contributed by atoms with E-state index >= 15 is 0 Å². The van der Waals surface area contributed by atoms with E-state index in [1.54, 1.807) is 19.2 Å². The number of aliphatic carboxylic acids is 1. The number of carbonyl (C=O) groups is 2. The van der Waals surface area contributed by atoms with Crippen LogP contribution in [0.1, 0.15) is 34.4 Å². The summed E-state index contributed by atoms with van der Waals surface area (Å²) < 4.78 is 10.7. The van der Waals surface area contributed by atoms with E-state index in [0.717, 1.165) is 16.9 Å². The zero-order valence-corrected chi connectivity index (χ0v) is 14.7. The number of methoxy groups -OCH3 is 1. The Kier molecular flexibility index (Phi) is 6.22. The van der Waals surface area contributed by atoms with Crippen molar-refractivity contribution in [2.24, 2.45) is 5.92 Å². The number of furan rings is 1. The van der Waals surface area contributed by atoms with E-state index in [-0.39, 0.29) is 18.7 Å². The minimum Gasteiger partial charge on any atom is -0.496 e. The second kappa shape index (κ2) is 8.37. The molecule has 2 N–H and O–H groups in total. The van der Waals surface area contributed by atoms with Crippen LogP contribution in [0.4, 0.5) is 0 Å². The Morgan fingerprint density at radius 1 is 1.32 bits per heavy atom. The van der Waals surface area contributed by atoms with Gasteiger partial charge in [-0.15, -0.1) is 0 Å². The molecule has 0 spiro atoms. The highest BCUT2D eigenvalue weighted by Crippen LogP contribution is 2.21. The Bertz CT molecular complexity index is 750. The summed E-state index contributed by atoms with van der Waals surface area (Å²) in [5, 5.41) is 12.1. The smallest absolute Gasteiger partial charge is 0.308 e. The number of para-hydroxylation sites is 1. The van der Waals surface area contributed by atoms with Crippen molar-refractivity contribution in [2.75, 3.05) is 13.7 Å². The summed E-state index contributed by atoms with van der Waals surface area (Å²) >= 11 is 0. The van der Waals surface area contributed by atoms with Gasteiger partial charge in [0.1, 0.15) is 11.5 Å².